The highest BCUT2D eigenvalue weighted by Crippen LogP contribution is 2.27. The minimum Gasteiger partial charge on any atom is -0.493 e. The summed E-state index contributed by atoms with van der Waals surface area (Å²) in [6, 6.07) is 4.64. The molecule has 0 radical (unpaired) electrons. The van der Waals surface area contributed by atoms with Crippen LogP contribution >= 0.6 is 0 Å². The van der Waals surface area contributed by atoms with E-state index in [4.69, 9.17) is 14.0 Å². The summed E-state index contributed by atoms with van der Waals surface area (Å²) in [6.45, 7) is 0. The Hall–Kier alpha value is -1.27. The van der Waals surface area contributed by atoms with Gasteiger partial charge in [0.25, 0.3) is 10.1 Å². The summed E-state index contributed by atoms with van der Waals surface area (Å²) in [5.41, 5.74) is 0.440. The molecule has 0 heterocycles. The standard InChI is InChI=1S/C9H12O5S/c1-13-8-4-3-7(5-9(8)14-2)6-15(10,11)12/h3-5H,6H2,1-2H3,(H,10,11,12). The topological polar surface area (TPSA) is 72.8 Å². The summed E-state index contributed by atoms with van der Waals surface area (Å²) in [7, 11) is -1.08. The lowest BCUT2D eigenvalue weighted by molar-refractivity contribution is 0.354. The molecule has 1 N–H and O–H groups in total. The highest BCUT2D eigenvalue weighted by molar-refractivity contribution is 7.85. The van der Waals surface area contributed by atoms with Gasteiger partial charge >= 0.3 is 0 Å². The highest BCUT2D eigenvalue weighted by Gasteiger charge is 2.10. The van der Waals surface area contributed by atoms with Crippen molar-refractivity contribution in [2.75, 3.05) is 14.2 Å². The molecule has 0 saturated heterocycles. The van der Waals surface area contributed by atoms with Gasteiger partial charge < -0.3 is 9.47 Å². The van der Waals surface area contributed by atoms with E-state index in [-0.39, 0.29) is 0 Å². The quantitative estimate of drug-likeness (QED) is 0.787. The second-order valence-corrected chi connectivity index (χ2v) is 4.37. The molecule has 0 bridgehead atoms. The van der Waals surface area contributed by atoms with Crippen LogP contribution < -0.4 is 9.47 Å². The zero-order valence-corrected chi connectivity index (χ0v) is 9.24. The lowest BCUT2D eigenvalue weighted by Gasteiger charge is -2.08. The maximum absolute atomic E-state index is 10.6. The summed E-state index contributed by atoms with van der Waals surface area (Å²) < 4.78 is 39.9. The average Bonchev–Trinajstić information content (AvgIpc) is 2.15. The van der Waals surface area contributed by atoms with Crippen molar-refractivity contribution in [1.82, 2.24) is 0 Å². The minimum atomic E-state index is -4.02. The fourth-order valence-corrected chi connectivity index (χ4v) is 1.78. The van der Waals surface area contributed by atoms with Gasteiger partial charge in [0.05, 0.1) is 14.2 Å². The van der Waals surface area contributed by atoms with Crippen LogP contribution in [0, 0.1) is 0 Å². The van der Waals surface area contributed by atoms with E-state index < -0.39 is 15.9 Å². The second kappa shape index (κ2) is 4.50. The molecule has 6 heteroatoms. The van der Waals surface area contributed by atoms with E-state index in [2.05, 4.69) is 0 Å². The predicted octanol–water partition coefficient (Wildman–Crippen LogP) is 1.09. The van der Waals surface area contributed by atoms with E-state index in [1.54, 1.807) is 12.1 Å². The monoisotopic (exact) mass is 232 g/mol. The van der Waals surface area contributed by atoms with Crippen molar-refractivity contribution in [3.63, 3.8) is 0 Å². The molecule has 15 heavy (non-hydrogen) atoms. The first-order valence-electron chi connectivity index (χ1n) is 4.12. The second-order valence-electron chi connectivity index (χ2n) is 2.92. The predicted molar refractivity (Wildman–Crippen MR) is 54.8 cm³/mol. The Kier molecular flexibility index (Phi) is 3.54. The maximum atomic E-state index is 10.6. The molecule has 1 rings (SSSR count). The van der Waals surface area contributed by atoms with Crippen LogP contribution in [-0.2, 0) is 15.9 Å². The first-order chi connectivity index (χ1) is 6.96. The number of benzene rings is 1. The summed E-state index contributed by atoms with van der Waals surface area (Å²) >= 11 is 0. The summed E-state index contributed by atoms with van der Waals surface area (Å²) in [6.07, 6.45) is 0. The van der Waals surface area contributed by atoms with Crippen molar-refractivity contribution in [3.8, 4) is 11.5 Å². The number of rotatable bonds is 4. The molecule has 0 aromatic heterocycles. The fourth-order valence-electron chi connectivity index (χ4n) is 1.18. The summed E-state index contributed by atoms with van der Waals surface area (Å²) in [4.78, 5) is 0. The molecule has 0 saturated carbocycles. The molecule has 84 valence electrons. The number of methoxy groups -OCH3 is 2. The van der Waals surface area contributed by atoms with Gasteiger partial charge in [-0.05, 0) is 17.7 Å². The molecule has 5 nitrogen and oxygen atoms in total. The normalized spacial score (nSPS) is 11.1. The molecule has 0 spiro atoms. The zero-order chi connectivity index (χ0) is 11.5. The lowest BCUT2D eigenvalue weighted by atomic mass is 10.2. The van der Waals surface area contributed by atoms with E-state index in [0.717, 1.165) is 0 Å². The van der Waals surface area contributed by atoms with E-state index >= 15 is 0 Å². The van der Waals surface area contributed by atoms with Gasteiger partial charge in [-0.15, -0.1) is 0 Å². The first-order valence-corrected chi connectivity index (χ1v) is 5.73. The van der Waals surface area contributed by atoms with Crippen molar-refractivity contribution in [1.29, 1.82) is 0 Å². The lowest BCUT2D eigenvalue weighted by Crippen LogP contribution is -2.02. The van der Waals surface area contributed by atoms with E-state index in [0.29, 0.717) is 17.1 Å². The smallest absolute Gasteiger partial charge is 0.269 e. The molecule has 1 aromatic carbocycles. The molecule has 0 aliphatic rings. The molecule has 0 fully saturated rings. The van der Waals surface area contributed by atoms with Crippen molar-refractivity contribution in [2.24, 2.45) is 0 Å². The average molecular weight is 232 g/mol. The van der Waals surface area contributed by atoms with Crippen LogP contribution in [0.25, 0.3) is 0 Å². The molecule has 0 atom stereocenters. The SMILES string of the molecule is COc1ccc(CS(=O)(=O)O)cc1OC. The molecular formula is C9H12O5S. The Bertz CT molecular complexity index is 438. The van der Waals surface area contributed by atoms with Gasteiger partial charge in [-0.2, -0.15) is 8.42 Å². The summed E-state index contributed by atoms with van der Waals surface area (Å²) in [5.74, 6) is 0.503. The number of hydrogen-bond donors (Lipinski definition) is 1. The molecule has 1 aromatic rings. The van der Waals surface area contributed by atoms with E-state index in [9.17, 15) is 8.42 Å². The molecule has 0 amide bonds. The van der Waals surface area contributed by atoms with Gasteiger partial charge in [-0.1, -0.05) is 6.07 Å². The van der Waals surface area contributed by atoms with Crippen LogP contribution in [0.5, 0.6) is 11.5 Å². The summed E-state index contributed by atoms with van der Waals surface area (Å²) in [5, 5.41) is 0. The molecule has 0 unspecified atom stereocenters. The minimum absolute atomic E-state index is 0.429. The maximum Gasteiger partial charge on any atom is 0.269 e. The highest BCUT2D eigenvalue weighted by atomic mass is 32.2. The van der Waals surface area contributed by atoms with Crippen LogP contribution in [0.3, 0.4) is 0 Å². The molecule has 0 aliphatic heterocycles. The van der Waals surface area contributed by atoms with E-state index in [1.165, 1.54) is 20.3 Å². The van der Waals surface area contributed by atoms with Gasteiger partial charge in [0.1, 0.15) is 5.75 Å². The molecular weight excluding hydrogens is 220 g/mol. The third-order valence-electron chi connectivity index (χ3n) is 1.80. The van der Waals surface area contributed by atoms with Crippen molar-refractivity contribution in [3.05, 3.63) is 23.8 Å². The van der Waals surface area contributed by atoms with E-state index in [1.807, 2.05) is 0 Å². The Morgan fingerprint density at radius 3 is 2.27 bits per heavy atom. The number of ether oxygens (including phenoxy) is 2. The fraction of sp³-hybridized carbons (Fsp3) is 0.333. The largest absolute Gasteiger partial charge is 0.493 e. The Balaban J connectivity index is 3.03. The zero-order valence-electron chi connectivity index (χ0n) is 8.43. The van der Waals surface area contributed by atoms with Crippen LogP contribution in [0.2, 0.25) is 0 Å². The van der Waals surface area contributed by atoms with Crippen LogP contribution in [0.15, 0.2) is 18.2 Å². The van der Waals surface area contributed by atoms with Crippen LogP contribution in [0.4, 0.5) is 0 Å². The number of hydrogen-bond acceptors (Lipinski definition) is 4. The Morgan fingerprint density at radius 2 is 1.80 bits per heavy atom. The third-order valence-corrected chi connectivity index (χ3v) is 2.50. The Morgan fingerprint density at radius 1 is 1.20 bits per heavy atom. The van der Waals surface area contributed by atoms with Crippen molar-refractivity contribution >= 4 is 10.1 Å². The van der Waals surface area contributed by atoms with Crippen molar-refractivity contribution in [2.45, 2.75) is 5.75 Å². The van der Waals surface area contributed by atoms with Gasteiger partial charge in [-0.25, -0.2) is 0 Å². The van der Waals surface area contributed by atoms with Crippen LogP contribution in [0.1, 0.15) is 5.56 Å². The third kappa shape index (κ3) is 3.41. The van der Waals surface area contributed by atoms with Gasteiger partial charge in [0.15, 0.2) is 11.5 Å². The Labute approximate surface area is 88.4 Å². The van der Waals surface area contributed by atoms with Crippen LogP contribution in [-0.4, -0.2) is 27.2 Å². The molecule has 0 aliphatic carbocycles. The first kappa shape index (κ1) is 11.8. The van der Waals surface area contributed by atoms with Gasteiger partial charge in [-0.3, -0.25) is 4.55 Å². The van der Waals surface area contributed by atoms with Gasteiger partial charge in [0.2, 0.25) is 0 Å². The van der Waals surface area contributed by atoms with Gasteiger partial charge in [0, 0.05) is 0 Å². The van der Waals surface area contributed by atoms with Crippen molar-refractivity contribution < 1.29 is 22.4 Å².